The number of carbonyl (C=O) groups excluding carboxylic acids is 1. The second-order valence-corrected chi connectivity index (χ2v) is 6.36. The van der Waals surface area contributed by atoms with Crippen molar-refractivity contribution in [2.24, 2.45) is 0 Å². The molecule has 0 rings (SSSR count). The van der Waals surface area contributed by atoms with Crippen molar-refractivity contribution in [2.45, 2.75) is 97.2 Å². The monoisotopic (exact) mass is 347 g/mol. The molecule has 4 atom stereocenters. The van der Waals surface area contributed by atoms with Gasteiger partial charge >= 0.3 is 5.97 Å². The summed E-state index contributed by atoms with van der Waals surface area (Å²) in [5.41, 5.74) is 0. The van der Waals surface area contributed by atoms with Crippen molar-refractivity contribution >= 4 is 5.97 Å². The summed E-state index contributed by atoms with van der Waals surface area (Å²) < 4.78 is 10.8. The summed E-state index contributed by atoms with van der Waals surface area (Å²) in [5.74, 6) is -0.325. The number of nitrogens with one attached hydrogen (secondary N) is 1. The van der Waals surface area contributed by atoms with Gasteiger partial charge in [0.05, 0.1) is 24.7 Å². The Bertz CT molecular complexity index is 314. The average Bonchev–Trinajstić information content (AvgIpc) is 2.56. The molecule has 0 aliphatic carbocycles. The largest absolute Gasteiger partial charge is 0.463 e. The molecule has 0 spiro atoms. The number of aliphatic hydroxyl groups is 2. The van der Waals surface area contributed by atoms with Gasteiger partial charge in [-0.1, -0.05) is 26.7 Å². The molecule has 6 heteroatoms. The highest BCUT2D eigenvalue weighted by Gasteiger charge is 2.25. The van der Waals surface area contributed by atoms with Crippen LogP contribution < -0.4 is 5.32 Å². The Balaban J connectivity index is 4.39. The number of hydrogen-bond donors (Lipinski definition) is 3. The van der Waals surface area contributed by atoms with Crippen molar-refractivity contribution < 1.29 is 24.5 Å². The van der Waals surface area contributed by atoms with E-state index in [1.54, 1.807) is 0 Å². The SMILES string of the molecule is CCC(C)OC(=O)CC(NCCCCCCO)C(O)OC(C)CC. The van der Waals surface area contributed by atoms with E-state index in [1.807, 2.05) is 27.7 Å². The standard InChI is InChI=1S/C18H37NO5/c1-5-14(3)23-17(21)13-16(18(22)24-15(4)6-2)19-11-9-7-8-10-12-20/h14-16,18-20,22H,5-13H2,1-4H3. The van der Waals surface area contributed by atoms with Gasteiger partial charge in [-0.15, -0.1) is 0 Å². The summed E-state index contributed by atoms with van der Waals surface area (Å²) in [6.07, 6.45) is 4.12. The molecule has 3 N–H and O–H groups in total. The summed E-state index contributed by atoms with van der Waals surface area (Å²) in [6.45, 7) is 8.60. The highest BCUT2D eigenvalue weighted by molar-refractivity contribution is 5.70. The van der Waals surface area contributed by atoms with Gasteiger partial charge in [-0.05, 0) is 46.1 Å². The molecule has 0 saturated carbocycles. The van der Waals surface area contributed by atoms with Gasteiger partial charge in [0.25, 0.3) is 0 Å². The van der Waals surface area contributed by atoms with Gasteiger partial charge in [0.2, 0.25) is 0 Å². The van der Waals surface area contributed by atoms with E-state index in [4.69, 9.17) is 14.6 Å². The number of rotatable bonds is 15. The van der Waals surface area contributed by atoms with E-state index in [-0.39, 0.29) is 31.2 Å². The molecule has 144 valence electrons. The van der Waals surface area contributed by atoms with Crippen LogP contribution in [0.15, 0.2) is 0 Å². The van der Waals surface area contributed by atoms with Crippen LogP contribution in [-0.2, 0) is 14.3 Å². The number of esters is 1. The first kappa shape index (κ1) is 23.3. The van der Waals surface area contributed by atoms with Crippen LogP contribution >= 0.6 is 0 Å². The maximum Gasteiger partial charge on any atom is 0.307 e. The molecule has 0 saturated heterocycles. The third-order valence-electron chi connectivity index (χ3n) is 4.08. The molecule has 4 unspecified atom stereocenters. The lowest BCUT2D eigenvalue weighted by Crippen LogP contribution is -2.45. The molecule has 0 amide bonds. The summed E-state index contributed by atoms with van der Waals surface area (Å²) >= 11 is 0. The number of hydrogen-bond acceptors (Lipinski definition) is 6. The molecule has 0 radical (unpaired) electrons. The lowest BCUT2D eigenvalue weighted by Gasteiger charge is -2.26. The van der Waals surface area contributed by atoms with Gasteiger partial charge in [0, 0.05) is 6.61 Å². The highest BCUT2D eigenvalue weighted by Crippen LogP contribution is 2.10. The quantitative estimate of drug-likeness (QED) is 0.239. The van der Waals surface area contributed by atoms with Crippen molar-refractivity contribution in [2.75, 3.05) is 13.2 Å². The summed E-state index contributed by atoms with van der Waals surface area (Å²) in [4.78, 5) is 12.0. The number of carbonyl (C=O) groups is 1. The molecule has 0 heterocycles. The van der Waals surface area contributed by atoms with Crippen molar-refractivity contribution in [3.63, 3.8) is 0 Å². The predicted molar refractivity (Wildman–Crippen MR) is 94.7 cm³/mol. The maximum atomic E-state index is 12.0. The number of ether oxygens (including phenoxy) is 2. The zero-order valence-electron chi connectivity index (χ0n) is 15.8. The normalized spacial score (nSPS) is 16.4. The van der Waals surface area contributed by atoms with Crippen molar-refractivity contribution in [1.82, 2.24) is 5.32 Å². The first-order chi connectivity index (χ1) is 11.4. The molecule has 0 aliphatic rings. The van der Waals surface area contributed by atoms with Crippen LogP contribution in [-0.4, -0.2) is 53.9 Å². The van der Waals surface area contributed by atoms with Crippen LogP contribution in [0.25, 0.3) is 0 Å². The zero-order valence-corrected chi connectivity index (χ0v) is 15.8. The van der Waals surface area contributed by atoms with Crippen LogP contribution in [0.3, 0.4) is 0 Å². The minimum Gasteiger partial charge on any atom is -0.463 e. The minimum absolute atomic E-state index is 0.0700. The fourth-order valence-electron chi connectivity index (χ4n) is 2.12. The Hall–Kier alpha value is -0.690. The van der Waals surface area contributed by atoms with Crippen LogP contribution in [0.2, 0.25) is 0 Å². The van der Waals surface area contributed by atoms with Crippen LogP contribution in [0.1, 0.15) is 72.6 Å². The Labute approximate surface area is 146 Å². The van der Waals surface area contributed by atoms with Crippen LogP contribution in [0, 0.1) is 0 Å². The maximum absolute atomic E-state index is 12.0. The van der Waals surface area contributed by atoms with Crippen LogP contribution in [0.4, 0.5) is 0 Å². The molecular formula is C18H37NO5. The summed E-state index contributed by atoms with van der Waals surface area (Å²) in [5, 5.41) is 22.2. The summed E-state index contributed by atoms with van der Waals surface area (Å²) in [7, 11) is 0. The second-order valence-electron chi connectivity index (χ2n) is 6.36. The first-order valence-corrected chi connectivity index (χ1v) is 9.31. The highest BCUT2D eigenvalue weighted by atomic mass is 16.6. The second kappa shape index (κ2) is 14.6. The molecule has 0 aliphatic heterocycles. The lowest BCUT2D eigenvalue weighted by molar-refractivity contribution is -0.165. The lowest BCUT2D eigenvalue weighted by atomic mass is 10.1. The van der Waals surface area contributed by atoms with E-state index in [0.717, 1.165) is 38.5 Å². The van der Waals surface area contributed by atoms with E-state index in [9.17, 15) is 9.90 Å². The van der Waals surface area contributed by atoms with E-state index < -0.39 is 12.3 Å². The molecule has 0 bridgehead atoms. The van der Waals surface area contributed by atoms with Gasteiger partial charge in [-0.25, -0.2) is 0 Å². The Morgan fingerprint density at radius 3 is 2.25 bits per heavy atom. The van der Waals surface area contributed by atoms with Gasteiger partial charge in [-0.2, -0.15) is 0 Å². The fourth-order valence-corrected chi connectivity index (χ4v) is 2.12. The minimum atomic E-state index is -1.04. The van der Waals surface area contributed by atoms with Crippen LogP contribution in [0.5, 0.6) is 0 Å². The average molecular weight is 347 g/mol. The van der Waals surface area contributed by atoms with E-state index >= 15 is 0 Å². The van der Waals surface area contributed by atoms with E-state index in [0.29, 0.717) is 6.54 Å². The molecular weight excluding hydrogens is 310 g/mol. The molecule has 0 aromatic carbocycles. The van der Waals surface area contributed by atoms with Crippen molar-refractivity contribution in [3.05, 3.63) is 0 Å². The topological polar surface area (TPSA) is 88.0 Å². The van der Waals surface area contributed by atoms with E-state index in [1.165, 1.54) is 0 Å². The van der Waals surface area contributed by atoms with Gasteiger partial charge in [0.15, 0.2) is 6.29 Å². The zero-order chi connectivity index (χ0) is 18.4. The van der Waals surface area contributed by atoms with Gasteiger partial charge in [-0.3, -0.25) is 4.79 Å². The third-order valence-corrected chi connectivity index (χ3v) is 4.08. The molecule has 0 aromatic rings. The smallest absolute Gasteiger partial charge is 0.307 e. The van der Waals surface area contributed by atoms with Gasteiger partial charge in [0.1, 0.15) is 0 Å². The molecule has 24 heavy (non-hydrogen) atoms. The molecule has 6 nitrogen and oxygen atoms in total. The Morgan fingerprint density at radius 2 is 1.67 bits per heavy atom. The van der Waals surface area contributed by atoms with E-state index in [2.05, 4.69) is 5.32 Å². The number of unbranched alkanes of at least 4 members (excludes halogenated alkanes) is 3. The predicted octanol–water partition coefficient (Wildman–Crippen LogP) is 2.36. The number of aliphatic hydroxyl groups excluding tert-OH is 2. The Kier molecular flexibility index (Phi) is 14.2. The van der Waals surface area contributed by atoms with Gasteiger partial charge < -0.3 is 25.0 Å². The van der Waals surface area contributed by atoms with Crippen molar-refractivity contribution in [3.8, 4) is 0 Å². The molecule has 0 aromatic heterocycles. The summed E-state index contributed by atoms with van der Waals surface area (Å²) in [6, 6.07) is -0.478. The molecule has 0 fully saturated rings. The first-order valence-electron chi connectivity index (χ1n) is 9.31. The Morgan fingerprint density at radius 1 is 1.04 bits per heavy atom. The third kappa shape index (κ3) is 11.8. The van der Waals surface area contributed by atoms with Crippen molar-refractivity contribution in [1.29, 1.82) is 0 Å². The fraction of sp³-hybridized carbons (Fsp3) is 0.944.